The Bertz CT molecular complexity index is 959. The van der Waals surface area contributed by atoms with Crippen LogP contribution in [-0.2, 0) is 11.3 Å². The van der Waals surface area contributed by atoms with Crippen LogP contribution in [-0.4, -0.2) is 34.6 Å². The third-order valence-electron chi connectivity index (χ3n) is 3.79. The van der Waals surface area contributed by atoms with Crippen LogP contribution in [0.25, 0.3) is 11.4 Å². The zero-order chi connectivity index (χ0) is 19.4. The quantitative estimate of drug-likeness (QED) is 0.608. The second-order valence-corrected chi connectivity index (χ2v) is 6.84. The highest BCUT2D eigenvalue weighted by Crippen LogP contribution is 2.27. The van der Waals surface area contributed by atoms with Gasteiger partial charge in [-0.25, -0.2) is 0 Å². The number of nitrogens with zero attached hydrogens (tertiary/aromatic N) is 3. The lowest BCUT2D eigenvalue weighted by Gasteiger charge is -2.15. The van der Waals surface area contributed by atoms with Gasteiger partial charge in [0.05, 0.1) is 11.6 Å². The Morgan fingerprint density at radius 3 is 2.78 bits per heavy atom. The summed E-state index contributed by atoms with van der Waals surface area (Å²) in [5.41, 5.74) is 1.96. The van der Waals surface area contributed by atoms with E-state index in [1.165, 1.54) is 4.90 Å². The first-order chi connectivity index (χ1) is 12.9. The van der Waals surface area contributed by atoms with Gasteiger partial charge in [0.25, 0.3) is 5.91 Å². The monoisotopic (exact) mass is 405 g/mol. The summed E-state index contributed by atoms with van der Waals surface area (Å²) < 4.78 is 10.7. The predicted octanol–water partition coefficient (Wildman–Crippen LogP) is 4.39. The Morgan fingerprint density at radius 2 is 2.04 bits per heavy atom. The van der Waals surface area contributed by atoms with Gasteiger partial charge in [-0.1, -0.05) is 52.1 Å². The van der Waals surface area contributed by atoms with Gasteiger partial charge in [-0.2, -0.15) is 4.98 Å². The zero-order valence-corrected chi connectivity index (χ0v) is 16.3. The molecule has 0 spiro atoms. The molecule has 0 aliphatic rings. The summed E-state index contributed by atoms with van der Waals surface area (Å²) in [5, 5.41) is 4.81. The summed E-state index contributed by atoms with van der Waals surface area (Å²) in [6.07, 6.45) is 0. The molecular weight excluding hydrogens is 389 g/mol. The standard InChI is InChI=1S/C19H17Cl2N3O3/c1-12-4-3-5-13(8-12)19-22-17(27-23-19)10-24(2)18(25)11-26-16-7-6-14(20)9-15(16)21/h3-9H,10-11H2,1-2H3. The molecule has 1 aromatic heterocycles. The third-order valence-corrected chi connectivity index (χ3v) is 4.32. The molecule has 3 rings (SSSR count). The first-order valence-corrected chi connectivity index (χ1v) is 8.89. The van der Waals surface area contributed by atoms with Gasteiger partial charge in [0, 0.05) is 17.6 Å². The number of carbonyl (C=O) groups is 1. The van der Waals surface area contributed by atoms with E-state index in [-0.39, 0.29) is 19.1 Å². The Kier molecular flexibility index (Phi) is 5.98. The fraction of sp³-hybridized carbons (Fsp3) is 0.211. The van der Waals surface area contributed by atoms with E-state index in [4.69, 9.17) is 32.5 Å². The van der Waals surface area contributed by atoms with Crippen LogP contribution in [0.3, 0.4) is 0 Å². The van der Waals surface area contributed by atoms with Crippen LogP contribution in [0.4, 0.5) is 0 Å². The molecule has 0 N–H and O–H groups in total. The van der Waals surface area contributed by atoms with Gasteiger partial charge < -0.3 is 14.2 Å². The van der Waals surface area contributed by atoms with Gasteiger partial charge in [-0.15, -0.1) is 0 Å². The van der Waals surface area contributed by atoms with Crippen molar-refractivity contribution in [3.05, 3.63) is 64.0 Å². The van der Waals surface area contributed by atoms with Gasteiger partial charge in [0.2, 0.25) is 11.7 Å². The van der Waals surface area contributed by atoms with E-state index < -0.39 is 0 Å². The number of likely N-dealkylation sites (N-methyl/N-ethyl adjacent to an activating group) is 1. The first kappa shape index (κ1) is 19.2. The second kappa shape index (κ2) is 8.41. The minimum Gasteiger partial charge on any atom is -0.482 e. The molecule has 1 amide bonds. The smallest absolute Gasteiger partial charge is 0.260 e. The number of benzene rings is 2. The summed E-state index contributed by atoms with van der Waals surface area (Å²) in [6.45, 7) is 2.00. The molecule has 8 heteroatoms. The van der Waals surface area contributed by atoms with E-state index in [2.05, 4.69) is 10.1 Å². The minimum absolute atomic E-state index is 0.170. The summed E-state index contributed by atoms with van der Waals surface area (Å²) in [4.78, 5) is 18.0. The van der Waals surface area contributed by atoms with Gasteiger partial charge >= 0.3 is 0 Å². The molecule has 0 unspecified atom stereocenters. The molecule has 2 aromatic carbocycles. The van der Waals surface area contributed by atoms with E-state index in [1.54, 1.807) is 25.2 Å². The molecule has 0 atom stereocenters. The van der Waals surface area contributed by atoms with Crippen LogP contribution in [0.5, 0.6) is 5.75 Å². The SMILES string of the molecule is Cc1cccc(-c2noc(CN(C)C(=O)COc3ccc(Cl)cc3Cl)n2)c1. The highest BCUT2D eigenvalue weighted by Gasteiger charge is 2.16. The summed E-state index contributed by atoms with van der Waals surface area (Å²) in [5.74, 6) is 0.962. The van der Waals surface area contributed by atoms with Crippen molar-refractivity contribution in [2.24, 2.45) is 0 Å². The van der Waals surface area contributed by atoms with E-state index in [0.29, 0.717) is 27.5 Å². The number of aryl methyl sites for hydroxylation is 1. The van der Waals surface area contributed by atoms with Gasteiger partial charge in [-0.05, 0) is 31.2 Å². The molecule has 0 saturated heterocycles. The lowest BCUT2D eigenvalue weighted by Crippen LogP contribution is -2.31. The van der Waals surface area contributed by atoms with Crippen molar-refractivity contribution in [1.29, 1.82) is 0 Å². The molecule has 0 aliphatic carbocycles. The van der Waals surface area contributed by atoms with Gasteiger partial charge in [0.15, 0.2) is 6.61 Å². The molecule has 6 nitrogen and oxygen atoms in total. The van der Waals surface area contributed by atoms with Crippen molar-refractivity contribution in [3.8, 4) is 17.1 Å². The van der Waals surface area contributed by atoms with Gasteiger partial charge in [0.1, 0.15) is 5.75 Å². The number of halogens is 2. The lowest BCUT2D eigenvalue weighted by molar-refractivity contribution is -0.132. The minimum atomic E-state index is -0.253. The van der Waals surface area contributed by atoms with Crippen molar-refractivity contribution in [2.45, 2.75) is 13.5 Å². The highest BCUT2D eigenvalue weighted by atomic mass is 35.5. The van der Waals surface area contributed by atoms with E-state index in [9.17, 15) is 4.79 Å². The fourth-order valence-electron chi connectivity index (χ4n) is 2.35. The van der Waals surface area contributed by atoms with E-state index in [0.717, 1.165) is 11.1 Å². The van der Waals surface area contributed by atoms with Crippen LogP contribution >= 0.6 is 23.2 Å². The molecule has 3 aromatic rings. The summed E-state index contributed by atoms with van der Waals surface area (Å²) >= 11 is 11.9. The molecule has 0 aliphatic heterocycles. The van der Waals surface area contributed by atoms with Crippen molar-refractivity contribution in [3.63, 3.8) is 0 Å². The Labute approximate surface area is 166 Å². The summed E-state index contributed by atoms with van der Waals surface area (Å²) in [7, 11) is 1.63. The molecule has 0 bridgehead atoms. The number of hydrogen-bond donors (Lipinski definition) is 0. The van der Waals surface area contributed by atoms with Crippen molar-refractivity contribution >= 4 is 29.1 Å². The average Bonchev–Trinajstić information content (AvgIpc) is 3.09. The summed E-state index contributed by atoms with van der Waals surface area (Å²) in [6, 6.07) is 12.6. The Morgan fingerprint density at radius 1 is 1.22 bits per heavy atom. The number of rotatable bonds is 6. The van der Waals surface area contributed by atoms with Crippen LogP contribution in [0.1, 0.15) is 11.5 Å². The molecule has 1 heterocycles. The maximum atomic E-state index is 12.3. The molecule has 140 valence electrons. The number of ether oxygens (including phenoxy) is 1. The van der Waals surface area contributed by atoms with Crippen molar-refractivity contribution in [1.82, 2.24) is 15.0 Å². The fourth-order valence-corrected chi connectivity index (χ4v) is 2.82. The predicted molar refractivity (Wildman–Crippen MR) is 103 cm³/mol. The maximum absolute atomic E-state index is 12.3. The average molecular weight is 406 g/mol. The van der Waals surface area contributed by atoms with Crippen LogP contribution in [0.15, 0.2) is 47.0 Å². The maximum Gasteiger partial charge on any atom is 0.260 e. The number of aromatic nitrogens is 2. The van der Waals surface area contributed by atoms with Crippen LogP contribution in [0.2, 0.25) is 10.0 Å². The highest BCUT2D eigenvalue weighted by molar-refractivity contribution is 6.35. The van der Waals surface area contributed by atoms with Gasteiger partial charge in [-0.3, -0.25) is 4.79 Å². The molecule has 0 fully saturated rings. The van der Waals surface area contributed by atoms with Crippen LogP contribution in [0, 0.1) is 6.92 Å². The van der Waals surface area contributed by atoms with Crippen LogP contribution < -0.4 is 4.74 Å². The number of hydrogen-bond acceptors (Lipinski definition) is 5. The number of amides is 1. The van der Waals surface area contributed by atoms with Crippen molar-refractivity contribution in [2.75, 3.05) is 13.7 Å². The largest absolute Gasteiger partial charge is 0.482 e. The lowest BCUT2D eigenvalue weighted by atomic mass is 10.1. The molecule has 0 radical (unpaired) electrons. The van der Waals surface area contributed by atoms with E-state index >= 15 is 0 Å². The second-order valence-electron chi connectivity index (χ2n) is 5.99. The van der Waals surface area contributed by atoms with E-state index in [1.807, 2.05) is 31.2 Å². The number of carbonyl (C=O) groups excluding carboxylic acids is 1. The third kappa shape index (κ3) is 4.99. The zero-order valence-electron chi connectivity index (χ0n) is 14.8. The first-order valence-electron chi connectivity index (χ1n) is 8.14. The Hall–Kier alpha value is -2.57. The molecule has 27 heavy (non-hydrogen) atoms. The topological polar surface area (TPSA) is 68.5 Å². The Balaban J connectivity index is 1.58. The molecular formula is C19H17Cl2N3O3. The normalized spacial score (nSPS) is 10.7. The van der Waals surface area contributed by atoms with Crippen molar-refractivity contribution < 1.29 is 14.1 Å². The molecule has 0 saturated carbocycles.